The van der Waals surface area contributed by atoms with Gasteiger partial charge in [0.2, 0.25) is 11.8 Å². The first-order valence-corrected chi connectivity index (χ1v) is 11.0. The summed E-state index contributed by atoms with van der Waals surface area (Å²) in [6.07, 6.45) is 0.978. The number of thiazole rings is 1. The highest BCUT2D eigenvalue weighted by Crippen LogP contribution is 2.35. The Morgan fingerprint density at radius 1 is 1.03 bits per heavy atom. The van der Waals surface area contributed by atoms with Gasteiger partial charge in [0.05, 0.1) is 17.0 Å². The molecule has 2 N–H and O–H groups in total. The standard InChI is InChI=1S/C24H27N3O2S/c1-4-14-25-23(29)17(3)26-21(28)15-20-22(18-12-10-16(2)11-13-18)30-24(27-20)19-8-6-5-7-9-19/h5-13,17H,4,14-15H2,1-3H3,(H,25,29)(H,26,28). The molecule has 0 spiro atoms. The van der Waals surface area contributed by atoms with Crippen molar-refractivity contribution in [3.63, 3.8) is 0 Å². The molecule has 2 aromatic carbocycles. The summed E-state index contributed by atoms with van der Waals surface area (Å²) in [7, 11) is 0. The number of carbonyl (C=O) groups is 2. The zero-order valence-corrected chi connectivity index (χ0v) is 18.4. The van der Waals surface area contributed by atoms with E-state index in [0.717, 1.165) is 33.1 Å². The third-order valence-corrected chi connectivity index (χ3v) is 5.88. The van der Waals surface area contributed by atoms with Crippen LogP contribution in [-0.2, 0) is 16.0 Å². The second-order valence-corrected chi connectivity index (χ2v) is 8.28. The zero-order chi connectivity index (χ0) is 21.5. The Balaban J connectivity index is 1.83. The number of hydrogen-bond donors (Lipinski definition) is 2. The molecule has 30 heavy (non-hydrogen) atoms. The molecule has 3 aromatic rings. The second-order valence-electron chi connectivity index (χ2n) is 7.28. The van der Waals surface area contributed by atoms with Gasteiger partial charge < -0.3 is 10.6 Å². The van der Waals surface area contributed by atoms with E-state index >= 15 is 0 Å². The molecular formula is C24H27N3O2S. The molecule has 1 atom stereocenters. The van der Waals surface area contributed by atoms with Gasteiger partial charge in [0.1, 0.15) is 11.0 Å². The molecule has 5 nitrogen and oxygen atoms in total. The van der Waals surface area contributed by atoms with Gasteiger partial charge in [-0.25, -0.2) is 4.98 Å². The van der Waals surface area contributed by atoms with Gasteiger partial charge in [-0.2, -0.15) is 0 Å². The molecule has 0 aliphatic rings. The highest BCUT2D eigenvalue weighted by Gasteiger charge is 2.20. The van der Waals surface area contributed by atoms with E-state index in [4.69, 9.17) is 4.98 Å². The maximum atomic E-state index is 12.7. The minimum Gasteiger partial charge on any atom is -0.354 e. The summed E-state index contributed by atoms with van der Waals surface area (Å²) in [4.78, 5) is 30.5. The fourth-order valence-electron chi connectivity index (χ4n) is 3.02. The minimum absolute atomic E-state index is 0.123. The molecule has 0 aliphatic heterocycles. The van der Waals surface area contributed by atoms with Crippen LogP contribution in [0.3, 0.4) is 0 Å². The molecule has 1 heterocycles. The lowest BCUT2D eigenvalue weighted by atomic mass is 10.1. The fraction of sp³-hybridized carbons (Fsp3) is 0.292. The van der Waals surface area contributed by atoms with E-state index in [1.165, 1.54) is 5.56 Å². The van der Waals surface area contributed by atoms with Crippen molar-refractivity contribution < 1.29 is 9.59 Å². The molecule has 0 saturated heterocycles. The monoisotopic (exact) mass is 421 g/mol. The average Bonchev–Trinajstić information content (AvgIpc) is 3.16. The van der Waals surface area contributed by atoms with E-state index < -0.39 is 6.04 Å². The third kappa shape index (κ3) is 5.54. The summed E-state index contributed by atoms with van der Waals surface area (Å²) in [5, 5.41) is 6.47. The Bertz CT molecular complexity index is 997. The Labute approximate surface area is 181 Å². The van der Waals surface area contributed by atoms with Crippen molar-refractivity contribution in [3.05, 3.63) is 65.9 Å². The van der Waals surface area contributed by atoms with Crippen LogP contribution in [0, 0.1) is 6.92 Å². The van der Waals surface area contributed by atoms with Gasteiger partial charge in [0.25, 0.3) is 0 Å². The highest BCUT2D eigenvalue weighted by molar-refractivity contribution is 7.18. The Morgan fingerprint density at radius 2 is 1.73 bits per heavy atom. The molecule has 2 amide bonds. The van der Waals surface area contributed by atoms with Crippen molar-refractivity contribution in [3.8, 4) is 21.0 Å². The van der Waals surface area contributed by atoms with Crippen LogP contribution < -0.4 is 10.6 Å². The highest BCUT2D eigenvalue weighted by atomic mass is 32.1. The molecule has 3 rings (SSSR count). The lowest BCUT2D eigenvalue weighted by molar-refractivity contribution is -0.128. The van der Waals surface area contributed by atoms with Crippen LogP contribution in [-0.4, -0.2) is 29.4 Å². The number of aryl methyl sites for hydroxylation is 1. The first-order chi connectivity index (χ1) is 14.5. The van der Waals surface area contributed by atoms with Crippen LogP contribution in [0.4, 0.5) is 0 Å². The Kier molecular flexibility index (Phi) is 7.36. The van der Waals surface area contributed by atoms with Gasteiger partial charge in [-0.05, 0) is 25.8 Å². The van der Waals surface area contributed by atoms with Gasteiger partial charge in [-0.3, -0.25) is 9.59 Å². The number of nitrogens with one attached hydrogen (secondary N) is 2. The third-order valence-electron chi connectivity index (χ3n) is 4.68. The maximum absolute atomic E-state index is 12.7. The average molecular weight is 422 g/mol. The smallest absolute Gasteiger partial charge is 0.242 e. The molecule has 0 saturated carbocycles. The van der Waals surface area contributed by atoms with Gasteiger partial charge in [0.15, 0.2) is 0 Å². The molecule has 0 radical (unpaired) electrons. The number of hydrogen-bond acceptors (Lipinski definition) is 4. The zero-order valence-electron chi connectivity index (χ0n) is 17.6. The van der Waals surface area contributed by atoms with Crippen LogP contribution in [0.15, 0.2) is 54.6 Å². The molecule has 156 valence electrons. The number of amides is 2. The summed E-state index contributed by atoms with van der Waals surface area (Å²) >= 11 is 1.58. The summed E-state index contributed by atoms with van der Waals surface area (Å²) in [6.45, 7) is 6.33. The quantitative estimate of drug-likeness (QED) is 0.568. The summed E-state index contributed by atoms with van der Waals surface area (Å²) < 4.78 is 0. The summed E-state index contributed by atoms with van der Waals surface area (Å²) in [5.74, 6) is -0.389. The van der Waals surface area contributed by atoms with E-state index in [-0.39, 0.29) is 18.2 Å². The summed E-state index contributed by atoms with van der Waals surface area (Å²) in [5.41, 5.74) is 3.96. The number of rotatable bonds is 8. The molecule has 0 fully saturated rings. The second kappa shape index (κ2) is 10.2. The van der Waals surface area contributed by atoms with Crippen LogP contribution in [0.25, 0.3) is 21.0 Å². The topological polar surface area (TPSA) is 71.1 Å². The predicted octanol–water partition coefficient (Wildman–Crippen LogP) is 4.36. The number of nitrogens with zero attached hydrogens (tertiary/aromatic N) is 1. The SMILES string of the molecule is CCCNC(=O)C(C)NC(=O)Cc1nc(-c2ccccc2)sc1-c1ccc(C)cc1. The van der Waals surface area contributed by atoms with Crippen molar-refractivity contribution in [1.29, 1.82) is 0 Å². The Morgan fingerprint density at radius 3 is 2.40 bits per heavy atom. The first kappa shape index (κ1) is 21.7. The van der Waals surface area contributed by atoms with E-state index in [0.29, 0.717) is 6.54 Å². The molecule has 1 aromatic heterocycles. The van der Waals surface area contributed by atoms with Crippen molar-refractivity contribution in [2.45, 2.75) is 39.7 Å². The molecule has 6 heteroatoms. The predicted molar refractivity (Wildman–Crippen MR) is 122 cm³/mol. The van der Waals surface area contributed by atoms with Crippen LogP contribution >= 0.6 is 11.3 Å². The fourth-order valence-corrected chi connectivity index (χ4v) is 4.11. The minimum atomic E-state index is -0.584. The molecule has 0 bridgehead atoms. The number of carbonyl (C=O) groups excluding carboxylic acids is 2. The van der Waals surface area contributed by atoms with Crippen molar-refractivity contribution in [2.75, 3.05) is 6.54 Å². The van der Waals surface area contributed by atoms with Crippen molar-refractivity contribution in [2.24, 2.45) is 0 Å². The lowest BCUT2D eigenvalue weighted by Gasteiger charge is -2.13. The summed E-state index contributed by atoms with van der Waals surface area (Å²) in [6, 6.07) is 17.6. The van der Waals surface area contributed by atoms with E-state index in [1.807, 2.05) is 44.2 Å². The Hall–Kier alpha value is -2.99. The van der Waals surface area contributed by atoms with Gasteiger partial charge in [-0.1, -0.05) is 67.1 Å². The number of benzene rings is 2. The van der Waals surface area contributed by atoms with Crippen LogP contribution in [0.5, 0.6) is 0 Å². The van der Waals surface area contributed by atoms with Gasteiger partial charge in [-0.15, -0.1) is 11.3 Å². The molecule has 0 aliphatic carbocycles. The van der Waals surface area contributed by atoms with E-state index in [9.17, 15) is 9.59 Å². The van der Waals surface area contributed by atoms with Crippen LogP contribution in [0.1, 0.15) is 31.5 Å². The van der Waals surface area contributed by atoms with Crippen molar-refractivity contribution in [1.82, 2.24) is 15.6 Å². The lowest BCUT2D eigenvalue weighted by Crippen LogP contribution is -2.45. The normalized spacial score (nSPS) is 11.7. The number of aromatic nitrogens is 1. The van der Waals surface area contributed by atoms with Gasteiger partial charge in [0, 0.05) is 12.1 Å². The van der Waals surface area contributed by atoms with Crippen molar-refractivity contribution >= 4 is 23.2 Å². The van der Waals surface area contributed by atoms with E-state index in [1.54, 1.807) is 18.3 Å². The largest absolute Gasteiger partial charge is 0.354 e. The molecule has 1 unspecified atom stereocenters. The first-order valence-electron chi connectivity index (χ1n) is 10.2. The van der Waals surface area contributed by atoms with Gasteiger partial charge >= 0.3 is 0 Å². The van der Waals surface area contributed by atoms with Crippen LogP contribution in [0.2, 0.25) is 0 Å². The maximum Gasteiger partial charge on any atom is 0.242 e. The molecular weight excluding hydrogens is 394 g/mol. The van der Waals surface area contributed by atoms with E-state index in [2.05, 4.69) is 34.9 Å².